The summed E-state index contributed by atoms with van der Waals surface area (Å²) in [6.07, 6.45) is 0. The van der Waals surface area contributed by atoms with Gasteiger partial charge in [-0.05, 0) is 48.5 Å². The highest BCUT2D eigenvalue weighted by molar-refractivity contribution is 5.95. The summed E-state index contributed by atoms with van der Waals surface area (Å²) in [5, 5.41) is 2.61. The van der Waals surface area contributed by atoms with E-state index in [1.165, 1.54) is 24.3 Å². The normalized spacial score (nSPS) is 10.3. The lowest BCUT2D eigenvalue weighted by molar-refractivity contribution is -0.119. The van der Waals surface area contributed by atoms with Gasteiger partial charge in [0.05, 0.1) is 5.56 Å². The fourth-order valence-corrected chi connectivity index (χ4v) is 2.03. The Labute approximate surface area is 149 Å². The summed E-state index contributed by atoms with van der Waals surface area (Å²) in [6, 6.07) is 12.1. The summed E-state index contributed by atoms with van der Waals surface area (Å²) < 4.78 is 33.2. The van der Waals surface area contributed by atoms with E-state index in [2.05, 4.69) is 10.1 Å². The number of esters is 1. The molecule has 0 atom stereocenters. The Bertz CT molecular complexity index is 747. The first-order chi connectivity index (χ1) is 12.3. The molecule has 0 heterocycles. The first kappa shape index (κ1) is 19.2. The Kier molecular flexibility index (Phi) is 6.48. The van der Waals surface area contributed by atoms with Gasteiger partial charge in [-0.3, -0.25) is 4.79 Å². The fourth-order valence-electron chi connectivity index (χ4n) is 2.03. The molecule has 0 aliphatic rings. The molecule has 0 radical (unpaired) electrons. The summed E-state index contributed by atoms with van der Waals surface area (Å²) in [7, 11) is 3.80. The van der Waals surface area contributed by atoms with Crippen molar-refractivity contribution in [3.05, 3.63) is 54.1 Å². The van der Waals surface area contributed by atoms with Crippen LogP contribution in [0, 0.1) is 0 Å². The molecule has 1 N–H and O–H groups in total. The van der Waals surface area contributed by atoms with E-state index < -0.39 is 25.1 Å². The molecule has 2 aromatic carbocycles. The molecule has 0 unspecified atom stereocenters. The summed E-state index contributed by atoms with van der Waals surface area (Å²) in [5.74, 6) is -1.31. The maximum atomic E-state index is 12.1. The lowest BCUT2D eigenvalue weighted by Crippen LogP contribution is -2.21. The molecule has 0 saturated carbocycles. The van der Waals surface area contributed by atoms with Crippen LogP contribution in [-0.4, -0.2) is 39.2 Å². The fraction of sp³-hybridized carbons (Fsp3) is 0.222. The monoisotopic (exact) mass is 364 g/mol. The summed E-state index contributed by atoms with van der Waals surface area (Å²) in [6.45, 7) is -3.41. The van der Waals surface area contributed by atoms with Gasteiger partial charge in [0, 0.05) is 25.5 Å². The van der Waals surface area contributed by atoms with E-state index in [0.29, 0.717) is 5.69 Å². The van der Waals surface area contributed by atoms with E-state index in [-0.39, 0.29) is 11.3 Å². The molecular formula is C18H18F2N2O4. The highest BCUT2D eigenvalue weighted by Gasteiger charge is 2.11. The first-order valence-electron chi connectivity index (χ1n) is 7.64. The number of rotatable bonds is 7. The van der Waals surface area contributed by atoms with Gasteiger partial charge in [-0.2, -0.15) is 8.78 Å². The maximum Gasteiger partial charge on any atom is 0.387 e. The number of ether oxygens (including phenoxy) is 2. The van der Waals surface area contributed by atoms with Crippen molar-refractivity contribution in [2.75, 3.05) is 30.9 Å². The zero-order valence-electron chi connectivity index (χ0n) is 14.2. The van der Waals surface area contributed by atoms with Crippen LogP contribution in [0.25, 0.3) is 0 Å². The van der Waals surface area contributed by atoms with Gasteiger partial charge in [-0.25, -0.2) is 4.79 Å². The van der Waals surface area contributed by atoms with E-state index in [9.17, 15) is 18.4 Å². The molecule has 0 saturated heterocycles. The molecule has 0 spiro atoms. The van der Waals surface area contributed by atoms with Gasteiger partial charge in [-0.1, -0.05) is 0 Å². The quantitative estimate of drug-likeness (QED) is 0.765. The van der Waals surface area contributed by atoms with E-state index >= 15 is 0 Å². The lowest BCUT2D eigenvalue weighted by Gasteiger charge is -2.13. The zero-order chi connectivity index (χ0) is 19.1. The number of halogens is 2. The summed E-state index contributed by atoms with van der Waals surface area (Å²) >= 11 is 0. The largest absolute Gasteiger partial charge is 0.452 e. The molecule has 0 aliphatic heterocycles. The topological polar surface area (TPSA) is 67.9 Å². The number of alkyl halides is 2. The lowest BCUT2D eigenvalue weighted by atomic mass is 10.2. The van der Waals surface area contributed by atoms with Crippen molar-refractivity contribution in [2.45, 2.75) is 6.61 Å². The zero-order valence-corrected chi connectivity index (χ0v) is 14.2. The van der Waals surface area contributed by atoms with Crippen molar-refractivity contribution in [3.8, 4) is 5.75 Å². The predicted molar refractivity (Wildman–Crippen MR) is 92.8 cm³/mol. The second-order valence-corrected chi connectivity index (χ2v) is 5.47. The van der Waals surface area contributed by atoms with Crippen LogP contribution in [0.3, 0.4) is 0 Å². The van der Waals surface area contributed by atoms with E-state index in [4.69, 9.17) is 4.74 Å². The van der Waals surface area contributed by atoms with Crippen LogP contribution in [0.5, 0.6) is 5.75 Å². The van der Waals surface area contributed by atoms with Crippen LogP contribution in [-0.2, 0) is 9.53 Å². The molecule has 0 aliphatic carbocycles. The number of carbonyl (C=O) groups excluding carboxylic acids is 2. The Morgan fingerprint density at radius 3 is 2.19 bits per heavy atom. The van der Waals surface area contributed by atoms with Gasteiger partial charge in [0.25, 0.3) is 5.91 Å². The molecule has 2 aromatic rings. The Hall–Kier alpha value is -3.16. The SMILES string of the molecule is CN(C)c1ccc(NC(=O)COC(=O)c2ccc(OC(F)F)cc2)cc1. The summed E-state index contributed by atoms with van der Waals surface area (Å²) in [5.41, 5.74) is 1.67. The van der Waals surface area contributed by atoms with Gasteiger partial charge in [0.2, 0.25) is 0 Å². The Balaban J connectivity index is 1.83. The van der Waals surface area contributed by atoms with Crippen molar-refractivity contribution in [2.24, 2.45) is 0 Å². The molecule has 0 fully saturated rings. The first-order valence-corrected chi connectivity index (χ1v) is 7.64. The van der Waals surface area contributed by atoms with Gasteiger partial charge in [0.1, 0.15) is 5.75 Å². The van der Waals surface area contributed by atoms with Crippen LogP contribution in [0.15, 0.2) is 48.5 Å². The second kappa shape index (κ2) is 8.80. The third kappa shape index (κ3) is 5.73. The van der Waals surface area contributed by atoms with E-state index in [1.54, 1.807) is 12.1 Å². The molecule has 8 heteroatoms. The van der Waals surface area contributed by atoms with Crippen molar-refractivity contribution < 1.29 is 27.8 Å². The Morgan fingerprint density at radius 2 is 1.65 bits per heavy atom. The number of hydrogen-bond acceptors (Lipinski definition) is 5. The highest BCUT2D eigenvalue weighted by atomic mass is 19.3. The third-order valence-corrected chi connectivity index (χ3v) is 3.32. The van der Waals surface area contributed by atoms with Crippen molar-refractivity contribution in [1.29, 1.82) is 0 Å². The van der Waals surface area contributed by atoms with Gasteiger partial charge >= 0.3 is 12.6 Å². The van der Waals surface area contributed by atoms with Crippen LogP contribution in [0.4, 0.5) is 20.2 Å². The molecule has 1 amide bonds. The van der Waals surface area contributed by atoms with E-state index in [0.717, 1.165) is 5.69 Å². The van der Waals surface area contributed by atoms with Gasteiger partial charge < -0.3 is 19.7 Å². The number of anilines is 2. The molecule has 2 rings (SSSR count). The van der Waals surface area contributed by atoms with Crippen molar-refractivity contribution >= 4 is 23.3 Å². The number of benzene rings is 2. The number of amides is 1. The summed E-state index contributed by atoms with van der Waals surface area (Å²) in [4.78, 5) is 25.6. The van der Waals surface area contributed by atoms with Crippen molar-refractivity contribution in [1.82, 2.24) is 0 Å². The standard InChI is InChI=1S/C18H18F2N2O4/c1-22(2)14-7-5-13(6-8-14)21-16(23)11-25-17(24)12-3-9-15(10-4-12)26-18(19)20/h3-10,18H,11H2,1-2H3,(H,21,23). The van der Waals surface area contributed by atoms with Crippen LogP contribution in [0.1, 0.15) is 10.4 Å². The minimum absolute atomic E-state index is 0.0736. The smallest absolute Gasteiger partial charge is 0.387 e. The number of carbonyl (C=O) groups is 2. The van der Waals surface area contributed by atoms with Gasteiger partial charge in [-0.15, -0.1) is 0 Å². The van der Waals surface area contributed by atoms with Crippen LogP contribution >= 0.6 is 0 Å². The molecule has 0 bridgehead atoms. The third-order valence-electron chi connectivity index (χ3n) is 3.32. The second-order valence-electron chi connectivity index (χ2n) is 5.47. The molecule has 6 nitrogen and oxygen atoms in total. The number of nitrogens with zero attached hydrogens (tertiary/aromatic N) is 1. The maximum absolute atomic E-state index is 12.1. The van der Waals surface area contributed by atoms with Gasteiger partial charge in [0.15, 0.2) is 6.61 Å². The minimum atomic E-state index is -2.94. The number of nitrogens with one attached hydrogen (secondary N) is 1. The van der Waals surface area contributed by atoms with E-state index in [1.807, 2.05) is 31.1 Å². The van der Waals surface area contributed by atoms with Crippen molar-refractivity contribution in [3.63, 3.8) is 0 Å². The average molecular weight is 364 g/mol. The molecule has 26 heavy (non-hydrogen) atoms. The molecule has 0 aromatic heterocycles. The predicted octanol–water partition coefficient (Wildman–Crippen LogP) is 3.15. The average Bonchev–Trinajstić information content (AvgIpc) is 2.60. The molecular weight excluding hydrogens is 346 g/mol. The highest BCUT2D eigenvalue weighted by Crippen LogP contribution is 2.16. The van der Waals surface area contributed by atoms with Crippen LogP contribution < -0.4 is 15.0 Å². The minimum Gasteiger partial charge on any atom is -0.452 e. The molecule has 138 valence electrons. The Morgan fingerprint density at radius 1 is 1.04 bits per heavy atom. The van der Waals surface area contributed by atoms with Crippen LogP contribution in [0.2, 0.25) is 0 Å². The number of hydrogen-bond donors (Lipinski definition) is 1.